The minimum absolute atomic E-state index is 0.258. The van der Waals surface area contributed by atoms with Crippen molar-refractivity contribution in [3.63, 3.8) is 0 Å². The smallest absolute Gasteiger partial charge is 0.160 e. The molecule has 4 heterocycles. The molecule has 0 aromatic carbocycles. The standard InChI is InChI=1S/C18H16FN5/c19-15-4-2-7-21-17(15)12-24-8-5-16-14(11-24)10-22-18(23-16)13-3-1-6-20-9-13/h1-4,6-7,9-10H,5,8,11-12H2. The number of hydrogen-bond acceptors (Lipinski definition) is 5. The van der Waals surface area contributed by atoms with E-state index in [0.717, 1.165) is 29.8 Å². The van der Waals surface area contributed by atoms with Gasteiger partial charge in [0.25, 0.3) is 0 Å². The molecule has 4 rings (SSSR count). The van der Waals surface area contributed by atoms with E-state index in [4.69, 9.17) is 0 Å². The van der Waals surface area contributed by atoms with Crippen LogP contribution in [0.5, 0.6) is 0 Å². The van der Waals surface area contributed by atoms with Gasteiger partial charge in [0.15, 0.2) is 5.82 Å². The van der Waals surface area contributed by atoms with Gasteiger partial charge in [-0.3, -0.25) is 14.9 Å². The van der Waals surface area contributed by atoms with Crippen molar-refractivity contribution >= 4 is 0 Å². The van der Waals surface area contributed by atoms with E-state index in [9.17, 15) is 4.39 Å². The van der Waals surface area contributed by atoms with E-state index in [2.05, 4.69) is 24.8 Å². The molecule has 1 aliphatic heterocycles. The van der Waals surface area contributed by atoms with Gasteiger partial charge in [-0.15, -0.1) is 0 Å². The third-order valence-corrected chi connectivity index (χ3v) is 4.14. The second-order valence-corrected chi connectivity index (χ2v) is 5.80. The van der Waals surface area contributed by atoms with E-state index in [-0.39, 0.29) is 5.82 Å². The Morgan fingerprint density at radius 2 is 2.00 bits per heavy atom. The summed E-state index contributed by atoms with van der Waals surface area (Å²) in [5.41, 5.74) is 3.54. The normalized spacial score (nSPS) is 14.4. The molecule has 0 saturated carbocycles. The van der Waals surface area contributed by atoms with Crippen molar-refractivity contribution in [2.24, 2.45) is 0 Å². The maximum atomic E-state index is 13.8. The molecule has 0 atom stereocenters. The second-order valence-electron chi connectivity index (χ2n) is 5.80. The zero-order valence-corrected chi connectivity index (χ0v) is 13.1. The fourth-order valence-corrected chi connectivity index (χ4v) is 2.89. The van der Waals surface area contributed by atoms with Crippen molar-refractivity contribution in [1.29, 1.82) is 0 Å². The Bertz CT molecular complexity index is 853. The summed E-state index contributed by atoms with van der Waals surface area (Å²) in [6.45, 7) is 2.03. The molecule has 5 nitrogen and oxygen atoms in total. The van der Waals surface area contributed by atoms with Gasteiger partial charge in [-0.2, -0.15) is 0 Å². The molecule has 0 saturated heterocycles. The van der Waals surface area contributed by atoms with Gasteiger partial charge in [-0.05, 0) is 24.3 Å². The van der Waals surface area contributed by atoms with Crippen LogP contribution in [0.1, 0.15) is 17.0 Å². The first-order chi connectivity index (χ1) is 11.8. The number of fused-ring (bicyclic) bond motifs is 1. The molecule has 0 spiro atoms. The van der Waals surface area contributed by atoms with Crippen LogP contribution in [0.3, 0.4) is 0 Å². The molecule has 0 unspecified atom stereocenters. The zero-order chi connectivity index (χ0) is 16.4. The van der Waals surface area contributed by atoms with Gasteiger partial charge in [0.05, 0.1) is 11.4 Å². The van der Waals surface area contributed by atoms with Gasteiger partial charge < -0.3 is 0 Å². The van der Waals surface area contributed by atoms with Crippen LogP contribution in [0.4, 0.5) is 4.39 Å². The lowest BCUT2D eigenvalue weighted by Gasteiger charge is -2.27. The lowest BCUT2D eigenvalue weighted by Crippen LogP contribution is -2.31. The van der Waals surface area contributed by atoms with E-state index in [0.29, 0.717) is 24.6 Å². The summed E-state index contributed by atoms with van der Waals surface area (Å²) in [7, 11) is 0. The SMILES string of the molecule is Fc1cccnc1CN1CCc2nc(-c3cccnc3)ncc2C1. The highest BCUT2D eigenvalue weighted by molar-refractivity contribution is 5.53. The number of halogens is 1. The monoisotopic (exact) mass is 321 g/mol. The third kappa shape index (κ3) is 3.00. The first-order valence-electron chi connectivity index (χ1n) is 7.86. The van der Waals surface area contributed by atoms with Crippen molar-refractivity contribution in [2.75, 3.05) is 6.54 Å². The summed E-state index contributed by atoms with van der Waals surface area (Å²) >= 11 is 0. The maximum Gasteiger partial charge on any atom is 0.160 e. The quantitative estimate of drug-likeness (QED) is 0.742. The molecular formula is C18H16FN5. The Labute approximate surface area is 139 Å². The van der Waals surface area contributed by atoms with Crippen molar-refractivity contribution < 1.29 is 4.39 Å². The molecule has 0 amide bonds. The average molecular weight is 321 g/mol. The highest BCUT2D eigenvalue weighted by Crippen LogP contribution is 2.21. The molecule has 0 radical (unpaired) electrons. The van der Waals surface area contributed by atoms with Crippen LogP contribution in [0.25, 0.3) is 11.4 Å². The van der Waals surface area contributed by atoms with E-state index >= 15 is 0 Å². The molecule has 0 fully saturated rings. The number of nitrogens with zero attached hydrogens (tertiary/aromatic N) is 5. The fraction of sp³-hybridized carbons (Fsp3) is 0.222. The Balaban J connectivity index is 1.53. The molecule has 0 bridgehead atoms. The molecule has 6 heteroatoms. The van der Waals surface area contributed by atoms with Crippen molar-refractivity contribution in [1.82, 2.24) is 24.8 Å². The van der Waals surface area contributed by atoms with Crippen LogP contribution in [-0.4, -0.2) is 31.4 Å². The van der Waals surface area contributed by atoms with Crippen molar-refractivity contribution in [2.45, 2.75) is 19.5 Å². The average Bonchev–Trinajstić information content (AvgIpc) is 2.64. The summed E-state index contributed by atoms with van der Waals surface area (Å²) in [4.78, 5) is 19.5. The van der Waals surface area contributed by atoms with Crippen molar-refractivity contribution in [3.8, 4) is 11.4 Å². The summed E-state index contributed by atoms with van der Waals surface area (Å²) < 4.78 is 13.8. The van der Waals surface area contributed by atoms with Crippen LogP contribution in [-0.2, 0) is 19.5 Å². The third-order valence-electron chi connectivity index (χ3n) is 4.14. The maximum absolute atomic E-state index is 13.8. The highest BCUT2D eigenvalue weighted by Gasteiger charge is 2.20. The van der Waals surface area contributed by atoms with Crippen LogP contribution in [0.15, 0.2) is 49.1 Å². The molecule has 1 aliphatic rings. The van der Waals surface area contributed by atoms with Gasteiger partial charge in [0, 0.05) is 62.0 Å². The Morgan fingerprint density at radius 1 is 1.08 bits per heavy atom. The van der Waals surface area contributed by atoms with Gasteiger partial charge in [-0.1, -0.05) is 0 Å². The molecule has 120 valence electrons. The van der Waals surface area contributed by atoms with E-state index in [1.54, 1.807) is 24.7 Å². The topological polar surface area (TPSA) is 54.8 Å². The molecule has 24 heavy (non-hydrogen) atoms. The molecule has 3 aromatic rings. The number of pyridine rings is 2. The number of hydrogen-bond donors (Lipinski definition) is 0. The van der Waals surface area contributed by atoms with Crippen LogP contribution >= 0.6 is 0 Å². The van der Waals surface area contributed by atoms with Crippen molar-refractivity contribution in [3.05, 3.63) is 71.8 Å². The summed E-state index contributed by atoms with van der Waals surface area (Å²) in [6.07, 6.45) is 7.81. The lowest BCUT2D eigenvalue weighted by atomic mass is 10.1. The predicted molar refractivity (Wildman–Crippen MR) is 87.3 cm³/mol. The molecule has 0 N–H and O–H groups in total. The minimum Gasteiger partial charge on any atom is -0.293 e. The van der Waals surface area contributed by atoms with Gasteiger partial charge in [0.1, 0.15) is 5.82 Å². The van der Waals surface area contributed by atoms with Crippen LogP contribution < -0.4 is 0 Å². The van der Waals surface area contributed by atoms with E-state index in [1.807, 2.05) is 18.3 Å². The molecule has 3 aromatic heterocycles. The van der Waals surface area contributed by atoms with Gasteiger partial charge in [-0.25, -0.2) is 14.4 Å². The van der Waals surface area contributed by atoms with Crippen LogP contribution in [0.2, 0.25) is 0 Å². The highest BCUT2D eigenvalue weighted by atomic mass is 19.1. The van der Waals surface area contributed by atoms with Gasteiger partial charge >= 0.3 is 0 Å². The summed E-state index contributed by atoms with van der Waals surface area (Å²) in [5.74, 6) is 0.442. The second kappa shape index (κ2) is 6.41. The van der Waals surface area contributed by atoms with E-state index in [1.165, 1.54) is 6.07 Å². The largest absolute Gasteiger partial charge is 0.293 e. The Morgan fingerprint density at radius 3 is 2.83 bits per heavy atom. The predicted octanol–water partition coefficient (Wildman–Crippen LogP) is 2.63. The zero-order valence-electron chi connectivity index (χ0n) is 13.1. The van der Waals surface area contributed by atoms with E-state index < -0.39 is 0 Å². The minimum atomic E-state index is -0.258. The number of rotatable bonds is 3. The summed E-state index contributed by atoms with van der Waals surface area (Å²) in [5, 5.41) is 0. The Hall–Kier alpha value is -2.73. The first-order valence-corrected chi connectivity index (χ1v) is 7.86. The Kier molecular flexibility index (Phi) is 3.96. The molecular weight excluding hydrogens is 305 g/mol. The fourth-order valence-electron chi connectivity index (χ4n) is 2.89. The van der Waals surface area contributed by atoms with Gasteiger partial charge in [0.2, 0.25) is 0 Å². The lowest BCUT2D eigenvalue weighted by molar-refractivity contribution is 0.236. The number of aromatic nitrogens is 4. The van der Waals surface area contributed by atoms with Crippen LogP contribution in [0, 0.1) is 5.82 Å². The molecule has 0 aliphatic carbocycles. The summed E-state index contributed by atoms with van der Waals surface area (Å²) in [6, 6.07) is 6.89. The first kappa shape index (κ1) is 14.8.